The average molecular weight is 251 g/mol. The number of hydrogen-bond acceptors (Lipinski definition) is 3. The monoisotopic (exact) mass is 250 g/mol. The molecule has 0 rings (SSSR count). The van der Waals surface area contributed by atoms with Gasteiger partial charge < -0.3 is 15.2 Å². The first kappa shape index (κ1) is 14.5. The van der Waals surface area contributed by atoms with Gasteiger partial charge in [0.1, 0.15) is 8.56 Å². The van der Waals surface area contributed by atoms with Gasteiger partial charge in [-0.05, 0) is 38.7 Å². The fourth-order valence-electron chi connectivity index (χ4n) is 1.40. The molecule has 0 radical (unpaired) electrons. The summed E-state index contributed by atoms with van der Waals surface area (Å²) in [5.74, 6) is 0. The van der Waals surface area contributed by atoms with Crippen LogP contribution in [0.15, 0.2) is 0 Å². The summed E-state index contributed by atoms with van der Waals surface area (Å²) in [6.07, 6.45) is 1.27. The first-order valence-corrected chi connectivity index (χ1v) is 14.9. The Morgan fingerprint density at radius 2 is 2.00 bits per heavy atom. The van der Waals surface area contributed by atoms with Crippen molar-refractivity contribution >= 4 is 26.6 Å². The molecule has 0 aromatic heterocycles. The molecule has 0 fully saturated rings. The van der Waals surface area contributed by atoms with Crippen LogP contribution in [0.3, 0.4) is 0 Å². The largest absolute Gasteiger partial charge is 0.461 e. The van der Waals surface area contributed by atoms with Crippen LogP contribution in [-0.4, -0.2) is 46.3 Å². The Morgan fingerprint density at radius 3 is 2.50 bits per heavy atom. The van der Waals surface area contributed by atoms with Crippen molar-refractivity contribution in [2.75, 3.05) is 19.6 Å². The average Bonchev–Trinajstić information content (AvgIpc) is 2.00. The molecule has 0 aliphatic carbocycles. The third-order valence-electron chi connectivity index (χ3n) is 1.84. The van der Waals surface area contributed by atoms with Crippen LogP contribution in [0.5, 0.6) is 0 Å². The van der Waals surface area contributed by atoms with Crippen molar-refractivity contribution in [2.24, 2.45) is 5.73 Å². The Morgan fingerprint density at radius 1 is 1.36 bits per heavy atom. The van der Waals surface area contributed by atoms with E-state index in [4.69, 9.17) is 9.85 Å². The van der Waals surface area contributed by atoms with Gasteiger partial charge in [-0.3, -0.25) is 0 Å². The maximum Gasteiger partial charge on any atom is 0.169 e. The first-order chi connectivity index (χ1) is 6.45. The highest BCUT2D eigenvalue weighted by molar-refractivity contribution is 7.03. The molecule has 86 valence electrons. The van der Waals surface area contributed by atoms with Crippen LogP contribution < -0.4 is 11.1 Å². The van der Waals surface area contributed by atoms with Gasteiger partial charge in [-0.25, -0.2) is 0 Å². The maximum absolute atomic E-state index is 6.13. The lowest BCUT2D eigenvalue weighted by atomic mass is 10.5. The van der Waals surface area contributed by atoms with Gasteiger partial charge in [0, 0.05) is 22.8 Å². The van der Waals surface area contributed by atoms with E-state index in [9.17, 15) is 0 Å². The third kappa shape index (κ3) is 10.6. The van der Waals surface area contributed by atoms with E-state index in [1.54, 1.807) is 0 Å². The van der Waals surface area contributed by atoms with Crippen molar-refractivity contribution in [3.63, 3.8) is 0 Å². The van der Waals surface area contributed by atoms with Crippen LogP contribution in [-0.2, 0) is 4.12 Å². The quantitative estimate of drug-likeness (QED) is 0.445. The van der Waals surface area contributed by atoms with E-state index in [0.29, 0.717) is 0 Å². The summed E-state index contributed by atoms with van der Waals surface area (Å²) in [5, 5.41) is 3.32. The summed E-state index contributed by atoms with van der Waals surface area (Å²) < 4.78 is 6.13. The summed E-state index contributed by atoms with van der Waals surface area (Å²) >= 11 is 0. The van der Waals surface area contributed by atoms with Crippen molar-refractivity contribution in [1.29, 1.82) is 0 Å². The van der Waals surface area contributed by atoms with Gasteiger partial charge in [0.2, 0.25) is 0 Å². The van der Waals surface area contributed by atoms with Gasteiger partial charge in [0.25, 0.3) is 0 Å². The molecule has 0 aliphatic heterocycles. The molecule has 1 unspecified atom stereocenters. The number of hydrogen-bond donors (Lipinski definition) is 2. The van der Waals surface area contributed by atoms with Crippen molar-refractivity contribution < 1.29 is 4.12 Å². The van der Waals surface area contributed by atoms with Crippen LogP contribution >= 0.6 is 0 Å². The van der Waals surface area contributed by atoms with Crippen LogP contribution in [0, 0.1) is 0 Å². The highest BCUT2D eigenvalue weighted by Gasteiger charge is 2.17. The third-order valence-corrected chi connectivity index (χ3v) is 11.4. The summed E-state index contributed by atoms with van der Waals surface area (Å²) in [6.45, 7) is 9.67. The Labute approximate surface area is 93.9 Å². The molecule has 1 atom stereocenters. The van der Waals surface area contributed by atoms with Gasteiger partial charge in [-0.1, -0.05) is 0 Å². The van der Waals surface area contributed by atoms with E-state index in [-0.39, 0.29) is 0 Å². The minimum Gasteiger partial charge on any atom is -0.461 e. The maximum atomic E-state index is 6.13. The Balaban J connectivity index is 3.31. The van der Waals surface area contributed by atoms with E-state index in [1.807, 2.05) is 0 Å². The molecule has 0 saturated heterocycles. The lowest BCUT2D eigenvalue weighted by molar-refractivity contribution is 0.577. The van der Waals surface area contributed by atoms with Crippen molar-refractivity contribution in [3.8, 4) is 0 Å². The Kier molecular flexibility index (Phi) is 8.07. The SMILES string of the molecule is C[Si](C)(C)O[SiH]([SiH3])CCCNCCN. The molecular weight excluding hydrogens is 224 g/mol. The second kappa shape index (κ2) is 7.77. The van der Waals surface area contributed by atoms with E-state index < -0.39 is 16.9 Å². The zero-order valence-corrected chi connectivity index (χ0v) is 14.3. The number of rotatable bonds is 8. The van der Waals surface area contributed by atoms with Gasteiger partial charge in [-0.2, -0.15) is 0 Å². The Hall–Kier alpha value is 0.531. The zero-order chi connectivity index (χ0) is 11.0. The first-order valence-electron chi connectivity index (χ1n) is 5.54. The minimum atomic E-state index is -1.24. The highest BCUT2D eigenvalue weighted by Crippen LogP contribution is 2.06. The van der Waals surface area contributed by atoms with E-state index in [2.05, 4.69) is 25.0 Å². The second-order valence-corrected chi connectivity index (χ2v) is 16.0. The van der Waals surface area contributed by atoms with Gasteiger partial charge >= 0.3 is 0 Å². The van der Waals surface area contributed by atoms with E-state index in [0.717, 1.165) is 19.6 Å². The van der Waals surface area contributed by atoms with Gasteiger partial charge in [-0.15, -0.1) is 0 Å². The van der Waals surface area contributed by atoms with Crippen molar-refractivity contribution in [3.05, 3.63) is 0 Å². The van der Waals surface area contributed by atoms with Gasteiger partial charge in [0.05, 0.1) is 0 Å². The molecule has 3 N–H and O–H groups in total. The van der Waals surface area contributed by atoms with Gasteiger partial charge in [0.15, 0.2) is 8.32 Å². The molecule has 3 nitrogen and oxygen atoms in total. The predicted octanol–water partition coefficient (Wildman–Crippen LogP) is -0.638. The second-order valence-electron chi connectivity index (χ2n) is 4.72. The molecule has 0 aliphatic rings. The van der Waals surface area contributed by atoms with Crippen LogP contribution in [0.4, 0.5) is 0 Å². The molecular formula is C8H26N2OSi3. The Bertz CT molecular complexity index is 141. The molecule has 0 heterocycles. The smallest absolute Gasteiger partial charge is 0.169 e. The van der Waals surface area contributed by atoms with Crippen molar-refractivity contribution in [2.45, 2.75) is 32.1 Å². The molecule has 0 bridgehead atoms. The summed E-state index contributed by atoms with van der Waals surface area (Å²) in [4.78, 5) is 0. The number of nitrogens with two attached hydrogens (primary N) is 1. The fraction of sp³-hybridized carbons (Fsp3) is 1.00. The summed E-state index contributed by atoms with van der Waals surface area (Å²) in [6, 6.07) is 1.34. The highest BCUT2D eigenvalue weighted by atomic mass is 29.2. The summed E-state index contributed by atoms with van der Waals surface area (Å²) in [7, 11) is -0.701. The molecule has 0 saturated carbocycles. The topological polar surface area (TPSA) is 47.3 Å². The number of nitrogens with one attached hydrogen (secondary N) is 1. The lowest BCUT2D eigenvalue weighted by Crippen LogP contribution is -2.35. The summed E-state index contributed by atoms with van der Waals surface area (Å²) in [5.41, 5.74) is 5.39. The van der Waals surface area contributed by atoms with Crippen LogP contribution in [0.1, 0.15) is 6.42 Å². The minimum absolute atomic E-state index is 0.743. The van der Waals surface area contributed by atoms with Crippen LogP contribution in [0.25, 0.3) is 0 Å². The van der Waals surface area contributed by atoms with Crippen molar-refractivity contribution in [1.82, 2.24) is 5.32 Å². The normalized spacial score (nSPS) is 14.6. The lowest BCUT2D eigenvalue weighted by Gasteiger charge is -2.23. The van der Waals surface area contributed by atoms with Crippen LogP contribution in [0.2, 0.25) is 25.7 Å². The zero-order valence-electron chi connectivity index (χ0n) is 10.1. The van der Waals surface area contributed by atoms with E-state index >= 15 is 0 Å². The molecule has 0 spiro atoms. The molecule has 0 aromatic rings. The fourth-order valence-corrected chi connectivity index (χ4v) is 15.1. The molecule has 0 amide bonds. The molecule has 6 heteroatoms. The molecule has 14 heavy (non-hydrogen) atoms. The standard InChI is InChI=1S/C8H26N2OSi3/c1-14(2,3)11-13(12)8-4-6-10-7-5-9/h10,13H,4-9H2,1-3,12H3. The predicted molar refractivity (Wildman–Crippen MR) is 72.9 cm³/mol. The van der Waals surface area contributed by atoms with E-state index in [1.165, 1.54) is 22.2 Å². The molecule has 0 aromatic carbocycles.